The molecule has 1 aromatic carbocycles. The molecule has 1 N–H and O–H groups in total. The Balaban J connectivity index is 2.05. The Morgan fingerprint density at radius 2 is 2.39 bits per heavy atom. The molecule has 2 unspecified atom stereocenters. The van der Waals surface area contributed by atoms with Gasteiger partial charge in [0, 0.05) is 28.6 Å². The molecule has 2 rings (SSSR count). The number of hydrogen-bond acceptors (Lipinski definition) is 3. The summed E-state index contributed by atoms with van der Waals surface area (Å²) in [7, 11) is 1.96. The second kappa shape index (κ2) is 6.55. The van der Waals surface area contributed by atoms with Gasteiger partial charge in [0.15, 0.2) is 0 Å². The van der Waals surface area contributed by atoms with Gasteiger partial charge in [-0.2, -0.15) is 0 Å². The van der Waals surface area contributed by atoms with Crippen LogP contribution in [0, 0.1) is 5.92 Å². The summed E-state index contributed by atoms with van der Waals surface area (Å²) in [5.74, 6) is 1.50. The van der Waals surface area contributed by atoms with Crippen molar-refractivity contribution in [2.75, 3.05) is 26.9 Å². The molecular weight excluding hydrogens is 294 g/mol. The van der Waals surface area contributed by atoms with Crippen molar-refractivity contribution in [3.63, 3.8) is 0 Å². The van der Waals surface area contributed by atoms with Gasteiger partial charge in [0.2, 0.25) is 0 Å². The summed E-state index contributed by atoms with van der Waals surface area (Å²) in [6.07, 6.45) is 1.10. The molecule has 1 saturated heterocycles. The lowest BCUT2D eigenvalue weighted by Crippen LogP contribution is -2.16. The third-order valence-electron chi connectivity index (χ3n) is 3.37. The lowest BCUT2D eigenvalue weighted by Gasteiger charge is -2.18. The van der Waals surface area contributed by atoms with Gasteiger partial charge in [0.25, 0.3) is 0 Å². The van der Waals surface area contributed by atoms with E-state index in [1.165, 1.54) is 5.56 Å². The molecule has 0 aromatic heterocycles. The van der Waals surface area contributed by atoms with Crippen LogP contribution in [0.4, 0.5) is 0 Å². The van der Waals surface area contributed by atoms with Crippen molar-refractivity contribution in [2.24, 2.45) is 5.92 Å². The van der Waals surface area contributed by atoms with Gasteiger partial charge in [-0.3, -0.25) is 0 Å². The van der Waals surface area contributed by atoms with Gasteiger partial charge in [-0.1, -0.05) is 15.9 Å². The van der Waals surface area contributed by atoms with Gasteiger partial charge in [0.1, 0.15) is 5.75 Å². The molecular formula is C14H20BrNO2. The molecule has 3 nitrogen and oxygen atoms in total. The number of halogens is 1. The fourth-order valence-electron chi connectivity index (χ4n) is 2.07. The topological polar surface area (TPSA) is 30.5 Å². The van der Waals surface area contributed by atoms with Crippen LogP contribution >= 0.6 is 15.9 Å². The Morgan fingerprint density at radius 3 is 3.06 bits per heavy atom. The standard InChI is InChI=1S/C14H20BrNO2/c1-10(16-2)13-7-12(15)3-4-14(13)18-9-11-5-6-17-8-11/h3-4,7,10-11,16H,5-6,8-9H2,1-2H3. The molecule has 1 aromatic rings. The lowest BCUT2D eigenvalue weighted by molar-refractivity contribution is 0.166. The first-order valence-corrected chi connectivity index (χ1v) is 7.17. The Labute approximate surface area is 117 Å². The van der Waals surface area contributed by atoms with E-state index in [2.05, 4.69) is 34.2 Å². The van der Waals surface area contributed by atoms with E-state index >= 15 is 0 Å². The summed E-state index contributed by atoms with van der Waals surface area (Å²) in [6.45, 7) is 4.57. The highest BCUT2D eigenvalue weighted by molar-refractivity contribution is 9.10. The fraction of sp³-hybridized carbons (Fsp3) is 0.571. The molecule has 100 valence electrons. The molecule has 1 aliphatic heterocycles. The Kier molecular flexibility index (Phi) is 5.03. The van der Waals surface area contributed by atoms with Crippen molar-refractivity contribution in [3.05, 3.63) is 28.2 Å². The largest absolute Gasteiger partial charge is 0.493 e. The lowest BCUT2D eigenvalue weighted by atomic mass is 10.1. The first kappa shape index (κ1) is 13.8. The van der Waals surface area contributed by atoms with Crippen LogP contribution in [0.25, 0.3) is 0 Å². The molecule has 4 heteroatoms. The monoisotopic (exact) mass is 313 g/mol. The smallest absolute Gasteiger partial charge is 0.124 e. The van der Waals surface area contributed by atoms with E-state index in [1.807, 2.05) is 19.2 Å². The Bertz CT molecular complexity index is 391. The third-order valence-corrected chi connectivity index (χ3v) is 3.86. The van der Waals surface area contributed by atoms with Crippen molar-refractivity contribution in [1.82, 2.24) is 5.32 Å². The van der Waals surface area contributed by atoms with Gasteiger partial charge < -0.3 is 14.8 Å². The highest BCUT2D eigenvalue weighted by atomic mass is 79.9. The summed E-state index contributed by atoms with van der Waals surface area (Å²) in [5.41, 5.74) is 1.19. The van der Waals surface area contributed by atoms with Crippen LogP contribution < -0.4 is 10.1 Å². The second-order valence-electron chi connectivity index (χ2n) is 4.73. The number of nitrogens with one attached hydrogen (secondary N) is 1. The van der Waals surface area contributed by atoms with Crippen LogP contribution in [-0.4, -0.2) is 26.9 Å². The van der Waals surface area contributed by atoms with Gasteiger partial charge >= 0.3 is 0 Å². The van der Waals surface area contributed by atoms with Gasteiger partial charge in [-0.25, -0.2) is 0 Å². The third kappa shape index (κ3) is 3.46. The van der Waals surface area contributed by atoms with Crippen molar-refractivity contribution >= 4 is 15.9 Å². The van der Waals surface area contributed by atoms with E-state index in [1.54, 1.807) is 0 Å². The molecule has 18 heavy (non-hydrogen) atoms. The minimum absolute atomic E-state index is 0.275. The van der Waals surface area contributed by atoms with Crippen molar-refractivity contribution < 1.29 is 9.47 Å². The number of benzene rings is 1. The number of ether oxygens (including phenoxy) is 2. The molecule has 0 radical (unpaired) electrons. The van der Waals surface area contributed by atoms with Gasteiger partial charge in [-0.15, -0.1) is 0 Å². The maximum atomic E-state index is 5.96. The van der Waals surface area contributed by atoms with E-state index in [-0.39, 0.29) is 6.04 Å². The van der Waals surface area contributed by atoms with E-state index in [4.69, 9.17) is 9.47 Å². The summed E-state index contributed by atoms with van der Waals surface area (Å²) in [5, 5.41) is 3.25. The molecule has 0 bridgehead atoms. The number of hydrogen-bond donors (Lipinski definition) is 1. The average Bonchev–Trinajstić information content (AvgIpc) is 2.89. The van der Waals surface area contributed by atoms with Crippen molar-refractivity contribution in [2.45, 2.75) is 19.4 Å². The normalized spacial score (nSPS) is 20.9. The second-order valence-corrected chi connectivity index (χ2v) is 5.65. The summed E-state index contributed by atoms with van der Waals surface area (Å²) < 4.78 is 12.4. The quantitative estimate of drug-likeness (QED) is 0.906. The highest BCUT2D eigenvalue weighted by Gasteiger charge is 2.18. The maximum absolute atomic E-state index is 5.96. The van der Waals surface area contributed by atoms with Gasteiger partial charge in [0.05, 0.1) is 13.2 Å². The first-order chi connectivity index (χ1) is 8.70. The van der Waals surface area contributed by atoms with Crippen LogP contribution in [0.2, 0.25) is 0 Å². The Hall–Kier alpha value is -0.580. The predicted octanol–water partition coefficient (Wildman–Crippen LogP) is 3.14. The minimum atomic E-state index is 0.275. The van der Waals surface area contributed by atoms with Crippen LogP contribution in [0.1, 0.15) is 24.9 Å². The molecule has 0 aliphatic carbocycles. The first-order valence-electron chi connectivity index (χ1n) is 6.38. The fourth-order valence-corrected chi connectivity index (χ4v) is 2.45. The predicted molar refractivity (Wildman–Crippen MR) is 76.0 cm³/mol. The number of rotatable bonds is 5. The molecule has 1 heterocycles. The molecule has 1 fully saturated rings. The zero-order chi connectivity index (χ0) is 13.0. The van der Waals surface area contributed by atoms with Crippen LogP contribution in [0.5, 0.6) is 5.75 Å². The minimum Gasteiger partial charge on any atom is -0.493 e. The average molecular weight is 314 g/mol. The van der Waals surface area contributed by atoms with Crippen LogP contribution in [-0.2, 0) is 4.74 Å². The van der Waals surface area contributed by atoms with Crippen LogP contribution in [0.15, 0.2) is 22.7 Å². The van der Waals surface area contributed by atoms with Crippen molar-refractivity contribution in [1.29, 1.82) is 0 Å². The molecule has 0 saturated carbocycles. The van der Waals surface area contributed by atoms with Crippen molar-refractivity contribution in [3.8, 4) is 5.75 Å². The summed E-state index contributed by atoms with van der Waals surface area (Å²) in [4.78, 5) is 0. The Morgan fingerprint density at radius 1 is 1.56 bits per heavy atom. The summed E-state index contributed by atoms with van der Waals surface area (Å²) >= 11 is 3.51. The van der Waals surface area contributed by atoms with E-state index in [0.717, 1.165) is 36.5 Å². The molecule has 1 aliphatic rings. The van der Waals surface area contributed by atoms with Crippen LogP contribution in [0.3, 0.4) is 0 Å². The maximum Gasteiger partial charge on any atom is 0.124 e. The zero-order valence-electron chi connectivity index (χ0n) is 10.9. The molecule has 0 spiro atoms. The van der Waals surface area contributed by atoms with E-state index < -0.39 is 0 Å². The summed E-state index contributed by atoms with van der Waals surface area (Å²) in [6, 6.07) is 6.44. The van der Waals surface area contributed by atoms with Gasteiger partial charge in [-0.05, 0) is 38.6 Å². The van der Waals surface area contributed by atoms with E-state index in [0.29, 0.717) is 5.92 Å². The molecule has 0 amide bonds. The zero-order valence-corrected chi connectivity index (χ0v) is 12.5. The molecule has 2 atom stereocenters. The van der Waals surface area contributed by atoms with E-state index in [9.17, 15) is 0 Å². The highest BCUT2D eigenvalue weighted by Crippen LogP contribution is 2.29. The SMILES string of the molecule is CNC(C)c1cc(Br)ccc1OCC1CCOC1.